The van der Waals surface area contributed by atoms with Gasteiger partial charge in [0.05, 0.1) is 0 Å². The van der Waals surface area contributed by atoms with Gasteiger partial charge >= 0.3 is 0 Å². The highest BCUT2D eigenvalue weighted by Crippen LogP contribution is 2.28. The maximum Gasteiger partial charge on any atom is 0.251 e. The Labute approximate surface area is 130 Å². The molecule has 2 bridgehead atoms. The van der Waals surface area contributed by atoms with E-state index < -0.39 is 0 Å². The Balaban J connectivity index is 1.58. The number of fused-ring (bicyclic) bond motifs is 3. The fourth-order valence-electron chi connectivity index (χ4n) is 3.79. The van der Waals surface area contributed by atoms with Gasteiger partial charge in [0, 0.05) is 29.3 Å². The molecule has 0 aliphatic carbocycles. The van der Waals surface area contributed by atoms with Gasteiger partial charge in [-0.2, -0.15) is 0 Å². The molecule has 2 aliphatic rings. The minimum absolute atomic E-state index is 0.00682. The number of amides is 1. The Morgan fingerprint density at radius 3 is 2.91 bits per heavy atom. The summed E-state index contributed by atoms with van der Waals surface area (Å²) in [6, 6.07) is 12.9. The lowest BCUT2D eigenvalue weighted by molar-refractivity contribution is 0.0931. The average Bonchev–Trinajstić information content (AvgIpc) is 3.16. The smallest absolute Gasteiger partial charge is 0.251 e. The summed E-state index contributed by atoms with van der Waals surface area (Å²) < 4.78 is 0. The lowest BCUT2D eigenvalue weighted by Crippen LogP contribution is -2.42. The number of terminal acetylenes is 1. The summed E-state index contributed by atoms with van der Waals surface area (Å²) in [5, 5.41) is 8.75. The second-order valence-corrected chi connectivity index (χ2v) is 6.25. The molecular formula is C19H18N2O. The predicted molar refractivity (Wildman–Crippen MR) is 87.7 cm³/mol. The standard InChI is InChI=1S/C19H18N2O/c1-2-12-4-3-5-13-10-14(6-8-16(12)13)19(22)21-18-11-15-7-9-17(18)20-15/h1,3-6,8,10,15,17-18,20H,7,9,11H2,(H,21,22)/t15-,17+,18-/m1/s1. The van der Waals surface area contributed by atoms with Crippen molar-refractivity contribution < 1.29 is 4.79 Å². The molecule has 4 rings (SSSR count). The SMILES string of the molecule is C#Cc1cccc2cc(C(=O)N[C@@H]3C[C@H]4CC[C@@H]3N4)ccc12. The van der Waals surface area contributed by atoms with Crippen LogP contribution in [0, 0.1) is 12.3 Å². The minimum atomic E-state index is 0.00682. The number of hydrogen-bond donors (Lipinski definition) is 2. The number of benzene rings is 2. The van der Waals surface area contributed by atoms with Gasteiger partial charge in [0.25, 0.3) is 5.91 Å². The second kappa shape index (κ2) is 5.15. The van der Waals surface area contributed by atoms with Crippen molar-refractivity contribution in [2.75, 3.05) is 0 Å². The van der Waals surface area contributed by atoms with Crippen molar-refractivity contribution in [1.82, 2.24) is 10.6 Å². The zero-order valence-corrected chi connectivity index (χ0v) is 12.3. The van der Waals surface area contributed by atoms with Gasteiger partial charge in [0.2, 0.25) is 0 Å². The number of hydrogen-bond acceptors (Lipinski definition) is 2. The van der Waals surface area contributed by atoms with Gasteiger partial charge in [-0.05, 0) is 48.2 Å². The largest absolute Gasteiger partial charge is 0.348 e. The van der Waals surface area contributed by atoms with Crippen LogP contribution in [0.1, 0.15) is 35.2 Å². The van der Waals surface area contributed by atoms with Crippen LogP contribution in [-0.4, -0.2) is 24.0 Å². The molecule has 2 aromatic carbocycles. The normalized spacial score (nSPS) is 26.0. The van der Waals surface area contributed by atoms with Gasteiger partial charge in [-0.15, -0.1) is 6.42 Å². The predicted octanol–water partition coefficient (Wildman–Crippen LogP) is 2.44. The van der Waals surface area contributed by atoms with Crippen LogP contribution in [0.25, 0.3) is 10.8 Å². The maximum atomic E-state index is 12.5. The van der Waals surface area contributed by atoms with E-state index in [0.717, 1.165) is 22.8 Å². The minimum Gasteiger partial charge on any atom is -0.348 e. The average molecular weight is 290 g/mol. The fraction of sp³-hybridized carbons (Fsp3) is 0.316. The van der Waals surface area contributed by atoms with Crippen molar-refractivity contribution in [3.63, 3.8) is 0 Å². The van der Waals surface area contributed by atoms with Crippen molar-refractivity contribution in [3.05, 3.63) is 47.5 Å². The first-order valence-electron chi connectivity index (χ1n) is 7.81. The zero-order valence-electron chi connectivity index (χ0n) is 12.3. The Morgan fingerprint density at radius 2 is 2.18 bits per heavy atom. The van der Waals surface area contributed by atoms with Crippen molar-refractivity contribution in [3.8, 4) is 12.3 Å². The number of carbonyl (C=O) groups is 1. The third-order valence-corrected chi connectivity index (χ3v) is 4.91. The van der Waals surface area contributed by atoms with E-state index in [-0.39, 0.29) is 11.9 Å². The molecule has 0 saturated carbocycles. The molecule has 0 aromatic heterocycles. The Bertz CT molecular complexity index is 790. The number of rotatable bonds is 2. The van der Waals surface area contributed by atoms with Crippen LogP contribution in [0.5, 0.6) is 0 Å². The van der Waals surface area contributed by atoms with E-state index in [0.29, 0.717) is 17.6 Å². The van der Waals surface area contributed by atoms with E-state index in [1.54, 1.807) is 0 Å². The molecular weight excluding hydrogens is 272 g/mol. The summed E-state index contributed by atoms with van der Waals surface area (Å²) >= 11 is 0. The molecule has 0 radical (unpaired) electrons. The molecule has 2 fully saturated rings. The first kappa shape index (κ1) is 13.4. The van der Waals surface area contributed by atoms with Crippen LogP contribution in [0.4, 0.5) is 0 Å². The highest BCUT2D eigenvalue weighted by molar-refractivity contribution is 5.99. The molecule has 2 N–H and O–H groups in total. The lowest BCUT2D eigenvalue weighted by Gasteiger charge is -2.21. The molecule has 2 heterocycles. The van der Waals surface area contributed by atoms with Crippen LogP contribution < -0.4 is 10.6 Å². The molecule has 110 valence electrons. The third-order valence-electron chi connectivity index (χ3n) is 4.91. The van der Waals surface area contributed by atoms with Crippen LogP contribution in [0.3, 0.4) is 0 Å². The van der Waals surface area contributed by atoms with E-state index in [1.807, 2.05) is 36.4 Å². The van der Waals surface area contributed by atoms with Gasteiger partial charge in [0.15, 0.2) is 0 Å². The summed E-state index contributed by atoms with van der Waals surface area (Å²) in [5.41, 5.74) is 1.56. The Morgan fingerprint density at radius 1 is 1.27 bits per heavy atom. The van der Waals surface area contributed by atoms with Crippen LogP contribution in [0.2, 0.25) is 0 Å². The molecule has 2 aromatic rings. The molecule has 1 amide bonds. The molecule has 3 heteroatoms. The van der Waals surface area contributed by atoms with E-state index >= 15 is 0 Å². The summed E-state index contributed by atoms with van der Waals surface area (Å²) in [6.07, 6.45) is 8.97. The maximum absolute atomic E-state index is 12.5. The van der Waals surface area contributed by atoms with Gasteiger partial charge in [0.1, 0.15) is 0 Å². The Kier molecular flexibility index (Phi) is 3.13. The fourth-order valence-corrected chi connectivity index (χ4v) is 3.79. The van der Waals surface area contributed by atoms with Gasteiger partial charge in [-0.1, -0.05) is 24.1 Å². The van der Waals surface area contributed by atoms with Crippen molar-refractivity contribution in [1.29, 1.82) is 0 Å². The summed E-state index contributed by atoms with van der Waals surface area (Å²) in [6.45, 7) is 0. The quantitative estimate of drug-likeness (QED) is 0.834. The third kappa shape index (κ3) is 2.17. The summed E-state index contributed by atoms with van der Waals surface area (Å²) in [7, 11) is 0. The molecule has 22 heavy (non-hydrogen) atoms. The summed E-state index contributed by atoms with van der Waals surface area (Å²) in [5.74, 6) is 2.69. The van der Waals surface area contributed by atoms with Crippen LogP contribution >= 0.6 is 0 Å². The lowest BCUT2D eigenvalue weighted by atomic mass is 9.95. The van der Waals surface area contributed by atoms with Crippen LogP contribution in [0.15, 0.2) is 36.4 Å². The van der Waals surface area contributed by atoms with Crippen molar-refractivity contribution in [2.24, 2.45) is 0 Å². The topological polar surface area (TPSA) is 41.1 Å². The Hall–Kier alpha value is -2.31. The number of carbonyl (C=O) groups excluding carboxylic acids is 1. The molecule has 3 nitrogen and oxygen atoms in total. The van der Waals surface area contributed by atoms with Crippen LogP contribution in [-0.2, 0) is 0 Å². The number of nitrogens with one attached hydrogen (secondary N) is 2. The molecule has 0 spiro atoms. The van der Waals surface area contributed by atoms with E-state index in [9.17, 15) is 4.79 Å². The van der Waals surface area contributed by atoms with Gasteiger partial charge in [-0.25, -0.2) is 0 Å². The van der Waals surface area contributed by atoms with E-state index in [1.165, 1.54) is 12.8 Å². The summed E-state index contributed by atoms with van der Waals surface area (Å²) in [4.78, 5) is 12.5. The van der Waals surface area contributed by atoms with Crippen molar-refractivity contribution in [2.45, 2.75) is 37.4 Å². The first-order valence-corrected chi connectivity index (χ1v) is 7.81. The van der Waals surface area contributed by atoms with E-state index in [4.69, 9.17) is 6.42 Å². The highest BCUT2D eigenvalue weighted by Gasteiger charge is 2.39. The molecule has 3 atom stereocenters. The molecule has 2 aliphatic heterocycles. The first-order chi connectivity index (χ1) is 10.7. The zero-order chi connectivity index (χ0) is 15.1. The van der Waals surface area contributed by atoms with Gasteiger partial charge < -0.3 is 10.6 Å². The van der Waals surface area contributed by atoms with Gasteiger partial charge in [-0.3, -0.25) is 4.79 Å². The highest BCUT2D eigenvalue weighted by atomic mass is 16.1. The molecule has 0 unspecified atom stereocenters. The monoisotopic (exact) mass is 290 g/mol. The second-order valence-electron chi connectivity index (χ2n) is 6.25. The molecule has 2 saturated heterocycles. The van der Waals surface area contributed by atoms with Crippen molar-refractivity contribution >= 4 is 16.7 Å². The van der Waals surface area contributed by atoms with E-state index in [2.05, 4.69) is 16.6 Å².